The molecule has 0 saturated carbocycles. The van der Waals surface area contributed by atoms with Gasteiger partial charge in [0.2, 0.25) is 5.22 Å². The summed E-state index contributed by atoms with van der Waals surface area (Å²) in [5.74, 6) is 1.23. The third-order valence-electron chi connectivity index (χ3n) is 2.08. The van der Waals surface area contributed by atoms with Gasteiger partial charge in [-0.05, 0) is 36.7 Å². The zero-order chi connectivity index (χ0) is 11.5. The Balaban J connectivity index is 1.96. The fourth-order valence-corrected chi connectivity index (χ4v) is 1.50. The van der Waals surface area contributed by atoms with Gasteiger partial charge in [-0.1, -0.05) is 0 Å². The van der Waals surface area contributed by atoms with E-state index in [1.54, 1.807) is 0 Å². The smallest absolute Gasteiger partial charge is 0.256 e. The van der Waals surface area contributed by atoms with Crippen molar-refractivity contribution in [2.24, 2.45) is 0 Å². The standard InChI is InChI=1S/C11H10ClNO3/c1-7-2-3-8(16-7)6-13-11(14)9-4-5-15-10(9)12/h2-5H,6H2,1H3,(H,13,14). The molecule has 0 bridgehead atoms. The molecule has 2 rings (SSSR count). The summed E-state index contributed by atoms with van der Waals surface area (Å²) >= 11 is 5.67. The monoisotopic (exact) mass is 239 g/mol. The molecule has 1 N–H and O–H groups in total. The summed E-state index contributed by atoms with van der Waals surface area (Å²) in [6, 6.07) is 5.17. The number of hydrogen-bond donors (Lipinski definition) is 1. The second-order valence-corrected chi connectivity index (χ2v) is 3.65. The Hall–Kier alpha value is -1.68. The molecule has 0 aliphatic rings. The Kier molecular flexibility index (Phi) is 3.01. The molecule has 0 spiro atoms. The van der Waals surface area contributed by atoms with Gasteiger partial charge >= 0.3 is 0 Å². The van der Waals surface area contributed by atoms with E-state index in [-0.39, 0.29) is 11.1 Å². The first kappa shape index (κ1) is 10.8. The average molecular weight is 240 g/mol. The number of nitrogens with one attached hydrogen (secondary N) is 1. The summed E-state index contributed by atoms with van der Waals surface area (Å²) in [4.78, 5) is 11.6. The summed E-state index contributed by atoms with van der Waals surface area (Å²) in [6.07, 6.45) is 1.37. The predicted octanol–water partition coefficient (Wildman–Crippen LogP) is 2.76. The van der Waals surface area contributed by atoms with Gasteiger partial charge in [0, 0.05) is 0 Å². The van der Waals surface area contributed by atoms with Crippen LogP contribution in [0.5, 0.6) is 0 Å². The topological polar surface area (TPSA) is 55.4 Å². The molecule has 0 unspecified atom stereocenters. The summed E-state index contributed by atoms with van der Waals surface area (Å²) in [6.45, 7) is 2.17. The van der Waals surface area contributed by atoms with Gasteiger partial charge in [-0.15, -0.1) is 0 Å². The van der Waals surface area contributed by atoms with Crippen LogP contribution in [0.3, 0.4) is 0 Å². The Labute approximate surface area is 97.2 Å². The molecule has 2 aromatic rings. The van der Waals surface area contributed by atoms with E-state index in [9.17, 15) is 4.79 Å². The predicted molar refractivity (Wildman–Crippen MR) is 58.3 cm³/mol. The van der Waals surface area contributed by atoms with Crippen molar-refractivity contribution in [3.8, 4) is 0 Å². The van der Waals surface area contributed by atoms with E-state index >= 15 is 0 Å². The number of hydrogen-bond acceptors (Lipinski definition) is 3. The van der Waals surface area contributed by atoms with Gasteiger partial charge in [0.25, 0.3) is 5.91 Å². The van der Waals surface area contributed by atoms with Gasteiger partial charge in [0.05, 0.1) is 18.4 Å². The molecule has 0 atom stereocenters. The van der Waals surface area contributed by atoms with E-state index in [1.807, 2.05) is 19.1 Å². The van der Waals surface area contributed by atoms with Crippen molar-refractivity contribution in [3.63, 3.8) is 0 Å². The lowest BCUT2D eigenvalue weighted by atomic mass is 10.3. The zero-order valence-corrected chi connectivity index (χ0v) is 9.38. The van der Waals surface area contributed by atoms with Crippen molar-refractivity contribution in [2.45, 2.75) is 13.5 Å². The highest BCUT2D eigenvalue weighted by molar-refractivity contribution is 6.32. The molecule has 1 amide bonds. The number of carbonyl (C=O) groups excluding carboxylic acids is 1. The van der Waals surface area contributed by atoms with Gasteiger partial charge in [-0.3, -0.25) is 4.79 Å². The highest BCUT2D eigenvalue weighted by Crippen LogP contribution is 2.16. The quantitative estimate of drug-likeness (QED) is 0.896. The largest absolute Gasteiger partial charge is 0.465 e. The van der Waals surface area contributed by atoms with E-state index in [0.29, 0.717) is 17.9 Å². The number of rotatable bonds is 3. The first-order chi connectivity index (χ1) is 7.66. The van der Waals surface area contributed by atoms with Crippen molar-refractivity contribution in [3.05, 3.63) is 46.8 Å². The minimum absolute atomic E-state index is 0.0909. The fraction of sp³-hybridized carbons (Fsp3) is 0.182. The first-order valence-electron chi connectivity index (χ1n) is 4.73. The lowest BCUT2D eigenvalue weighted by Gasteiger charge is -2.00. The van der Waals surface area contributed by atoms with Crippen molar-refractivity contribution < 1.29 is 13.6 Å². The highest BCUT2D eigenvalue weighted by atomic mass is 35.5. The van der Waals surface area contributed by atoms with Gasteiger partial charge in [0.1, 0.15) is 11.5 Å². The van der Waals surface area contributed by atoms with Crippen LogP contribution in [0, 0.1) is 6.92 Å². The molecule has 2 aromatic heterocycles. The maximum Gasteiger partial charge on any atom is 0.256 e. The first-order valence-corrected chi connectivity index (χ1v) is 5.11. The van der Waals surface area contributed by atoms with Crippen LogP contribution in [-0.2, 0) is 6.54 Å². The number of halogens is 1. The minimum Gasteiger partial charge on any atom is -0.465 e. The molecular formula is C11H10ClNO3. The molecule has 0 aliphatic carbocycles. The van der Waals surface area contributed by atoms with Gasteiger partial charge in [-0.2, -0.15) is 0 Å². The van der Waals surface area contributed by atoms with E-state index in [4.69, 9.17) is 20.4 Å². The molecule has 0 saturated heterocycles. The third-order valence-corrected chi connectivity index (χ3v) is 2.37. The van der Waals surface area contributed by atoms with E-state index in [1.165, 1.54) is 12.3 Å². The number of aryl methyl sites for hydroxylation is 1. The molecule has 4 nitrogen and oxygen atoms in total. The van der Waals surface area contributed by atoms with Crippen molar-refractivity contribution in [1.82, 2.24) is 5.32 Å². The van der Waals surface area contributed by atoms with Crippen LogP contribution in [0.25, 0.3) is 0 Å². The SMILES string of the molecule is Cc1ccc(CNC(=O)c2ccoc2Cl)o1. The van der Waals surface area contributed by atoms with E-state index in [2.05, 4.69) is 5.32 Å². The second-order valence-electron chi connectivity index (χ2n) is 3.30. The van der Waals surface area contributed by atoms with Crippen molar-refractivity contribution in [1.29, 1.82) is 0 Å². The van der Waals surface area contributed by atoms with Gasteiger partial charge in [-0.25, -0.2) is 0 Å². The Morgan fingerprint density at radius 2 is 2.25 bits per heavy atom. The maximum atomic E-state index is 11.6. The second kappa shape index (κ2) is 4.45. The van der Waals surface area contributed by atoms with Crippen LogP contribution in [0.1, 0.15) is 21.9 Å². The lowest BCUT2D eigenvalue weighted by molar-refractivity contribution is 0.0947. The Morgan fingerprint density at radius 1 is 1.44 bits per heavy atom. The normalized spacial score (nSPS) is 10.4. The maximum absolute atomic E-state index is 11.6. The van der Waals surface area contributed by atoms with Crippen LogP contribution >= 0.6 is 11.6 Å². The molecular weight excluding hydrogens is 230 g/mol. The summed E-state index contributed by atoms with van der Waals surface area (Å²) in [5.41, 5.74) is 0.324. The molecule has 0 radical (unpaired) electrons. The molecule has 16 heavy (non-hydrogen) atoms. The molecule has 84 valence electrons. The molecule has 0 aromatic carbocycles. The van der Waals surface area contributed by atoms with Crippen LogP contribution < -0.4 is 5.32 Å². The van der Waals surface area contributed by atoms with Crippen LogP contribution in [0.2, 0.25) is 5.22 Å². The van der Waals surface area contributed by atoms with Crippen LogP contribution in [0.15, 0.2) is 33.3 Å². The Morgan fingerprint density at radius 3 is 2.81 bits per heavy atom. The molecule has 0 fully saturated rings. The number of carbonyl (C=O) groups is 1. The number of furan rings is 2. The molecule has 2 heterocycles. The number of amides is 1. The average Bonchev–Trinajstić information content (AvgIpc) is 2.84. The van der Waals surface area contributed by atoms with Crippen LogP contribution in [0.4, 0.5) is 0 Å². The fourth-order valence-electron chi connectivity index (χ4n) is 1.30. The van der Waals surface area contributed by atoms with Crippen molar-refractivity contribution >= 4 is 17.5 Å². The summed E-state index contributed by atoms with van der Waals surface area (Å²) in [5, 5.41) is 2.77. The lowest BCUT2D eigenvalue weighted by Crippen LogP contribution is -2.22. The summed E-state index contributed by atoms with van der Waals surface area (Å²) in [7, 11) is 0. The van der Waals surface area contributed by atoms with Gasteiger partial charge < -0.3 is 14.2 Å². The third kappa shape index (κ3) is 2.28. The van der Waals surface area contributed by atoms with Crippen LogP contribution in [-0.4, -0.2) is 5.91 Å². The molecule has 0 aliphatic heterocycles. The highest BCUT2D eigenvalue weighted by Gasteiger charge is 2.12. The Bertz CT molecular complexity index is 501. The van der Waals surface area contributed by atoms with E-state index < -0.39 is 0 Å². The molecule has 5 heteroatoms. The van der Waals surface area contributed by atoms with E-state index in [0.717, 1.165) is 5.76 Å². The zero-order valence-electron chi connectivity index (χ0n) is 8.62. The van der Waals surface area contributed by atoms with Gasteiger partial charge in [0.15, 0.2) is 0 Å². The summed E-state index contributed by atoms with van der Waals surface area (Å²) < 4.78 is 10.1. The van der Waals surface area contributed by atoms with Crippen molar-refractivity contribution in [2.75, 3.05) is 0 Å². The minimum atomic E-state index is -0.284.